The molecule has 0 aromatic carbocycles. The molecule has 3 atom stereocenters. The smallest absolute Gasteiger partial charge is 0.456 e. The Morgan fingerprint density at radius 1 is 0.393 bits per heavy atom. The number of hydrogen-bond acceptors (Lipinski definition) is 6. The van der Waals surface area contributed by atoms with Gasteiger partial charge in [0.1, 0.15) is 19.3 Å². The number of phosphoric ester groups is 1. The van der Waals surface area contributed by atoms with Crippen LogP contribution in [0.5, 0.6) is 0 Å². The molecule has 1 amide bonds. The molecular weight excluding hydrogens is 1120 g/mol. The van der Waals surface area contributed by atoms with Gasteiger partial charge in [-0.15, -0.1) is 0 Å². The van der Waals surface area contributed by atoms with E-state index in [4.69, 9.17) is 13.8 Å². The average Bonchev–Trinajstić information content (AvgIpc) is 3.57. The van der Waals surface area contributed by atoms with Crippen molar-refractivity contribution in [3.05, 3.63) is 85.1 Å². The third-order valence-corrected chi connectivity index (χ3v) is 17.8. The molecule has 0 aromatic heterocycles. The fourth-order valence-electron chi connectivity index (χ4n) is 11.0. The van der Waals surface area contributed by atoms with Crippen molar-refractivity contribution in [2.75, 3.05) is 40.9 Å². The van der Waals surface area contributed by atoms with E-state index in [-0.39, 0.29) is 31.5 Å². The average molecular weight is 1270 g/mol. The molecule has 0 radical (unpaired) electrons. The molecule has 518 valence electrons. The summed E-state index contributed by atoms with van der Waals surface area (Å²) >= 11 is 0. The molecule has 0 saturated carbocycles. The highest BCUT2D eigenvalue weighted by Gasteiger charge is 2.30. The van der Waals surface area contributed by atoms with Crippen LogP contribution >= 0.6 is 7.82 Å². The topological polar surface area (TPSA) is 111 Å². The zero-order valence-electron chi connectivity index (χ0n) is 59.4. The van der Waals surface area contributed by atoms with Crippen LogP contribution in [0.3, 0.4) is 0 Å². The SMILES string of the molecule is CCCCC/C=C\C/C=C\C/C=C\C/C=C\CCCCCCCCCC(=O)OC(/C=C\CCCCCCCCCCCCC)C(COP(=O)(O)OCC[N+](C)(C)C)NC(=O)CCCCCCCCCCCCCCCCCCC/C=C\C/C=C\CCCCC. The minimum absolute atomic E-state index is 0.0368. The highest BCUT2D eigenvalue weighted by atomic mass is 31.2. The van der Waals surface area contributed by atoms with Gasteiger partial charge in [0, 0.05) is 12.8 Å². The van der Waals surface area contributed by atoms with Crippen molar-refractivity contribution in [1.29, 1.82) is 0 Å². The van der Waals surface area contributed by atoms with Crippen molar-refractivity contribution in [3.63, 3.8) is 0 Å². The predicted octanol–water partition coefficient (Wildman–Crippen LogP) is 24.5. The summed E-state index contributed by atoms with van der Waals surface area (Å²) in [5, 5.41) is 3.08. The molecule has 0 aromatic rings. The first kappa shape index (κ1) is 86.2. The van der Waals surface area contributed by atoms with Gasteiger partial charge in [0.2, 0.25) is 5.91 Å². The van der Waals surface area contributed by atoms with Crippen LogP contribution < -0.4 is 5.32 Å². The summed E-state index contributed by atoms with van der Waals surface area (Å²) in [5.74, 6) is -0.506. The highest BCUT2D eigenvalue weighted by Crippen LogP contribution is 2.43. The molecule has 0 rings (SSSR count). The number of hydrogen-bond donors (Lipinski definition) is 2. The van der Waals surface area contributed by atoms with Gasteiger partial charge in [0.15, 0.2) is 0 Å². The number of nitrogens with one attached hydrogen (secondary N) is 1. The molecule has 0 aliphatic rings. The third kappa shape index (κ3) is 69.4. The first-order valence-electron chi connectivity index (χ1n) is 37.9. The van der Waals surface area contributed by atoms with E-state index in [2.05, 4.69) is 99.0 Å². The van der Waals surface area contributed by atoms with Gasteiger partial charge in [-0.2, -0.15) is 0 Å². The lowest BCUT2D eigenvalue weighted by Crippen LogP contribution is -2.47. The van der Waals surface area contributed by atoms with Crippen molar-refractivity contribution >= 4 is 19.7 Å². The van der Waals surface area contributed by atoms with Crippen LogP contribution in [0.2, 0.25) is 0 Å². The van der Waals surface area contributed by atoms with Gasteiger partial charge >= 0.3 is 13.8 Å². The lowest BCUT2D eigenvalue weighted by molar-refractivity contribution is -0.870. The van der Waals surface area contributed by atoms with Crippen LogP contribution in [0.1, 0.15) is 355 Å². The molecule has 0 aliphatic carbocycles. The molecule has 0 saturated heterocycles. The number of nitrogens with zero attached hydrogens (tertiary/aromatic N) is 1. The van der Waals surface area contributed by atoms with Crippen molar-refractivity contribution in [3.8, 4) is 0 Å². The Balaban J connectivity index is 5.04. The van der Waals surface area contributed by atoms with Gasteiger partial charge in [0.25, 0.3) is 0 Å². The van der Waals surface area contributed by atoms with Crippen LogP contribution in [0.4, 0.5) is 0 Å². The molecule has 3 unspecified atom stereocenters. The van der Waals surface area contributed by atoms with E-state index in [0.29, 0.717) is 17.4 Å². The molecule has 0 spiro atoms. The minimum atomic E-state index is -4.46. The number of ether oxygens (including phenoxy) is 1. The van der Waals surface area contributed by atoms with Crippen LogP contribution in [-0.4, -0.2) is 74.3 Å². The maximum atomic E-state index is 13.7. The number of rotatable bonds is 69. The summed E-state index contributed by atoms with van der Waals surface area (Å²) in [5.41, 5.74) is 0. The van der Waals surface area contributed by atoms with E-state index < -0.39 is 20.0 Å². The summed E-state index contributed by atoms with van der Waals surface area (Å²) in [6.45, 7) is 7.00. The number of amides is 1. The Kier molecular flexibility index (Phi) is 65.9. The Hall–Kier alpha value is -2.81. The number of esters is 1. The van der Waals surface area contributed by atoms with Gasteiger partial charge in [-0.1, -0.05) is 318 Å². The summed E-state index contributed by atoms with van der Waals surface area (Å²) in [6, 6.07) is -0.857. The second-order valence-electron chi connectivity index (χ2n) is 26.8. The number of carbonyl (C=O) groups excluding carboxylic acids is 2. The van der Waals surface area contributed by atoms with Gasteiger partial charge in [-0.3, -0.25) is 18.6 Å². The first-order chi connectivity index (χ1) is 43.4. The van der Waals surface area contributed by atoms with E-state index in [9.17, 15) is 19.0 Å². The molecule has 0 fully saturated rings. The predicted molar refractivity (Wildman–Crippen MR) is 388 cm³/mol. The number of allylic oxidation sites excluding steroid dienone is 13. The Morgan fingerprint density at radius 2 is 0.685 bits per heavy atom. The van der Waals surface area contributed by atoms with E-state index in [1.165, 1.54) is 225 Å². The lowest BCUT2D eigenvalue weighted by Gasteiger charge is -2.27. The van der Waals surface area contributed by atoms with E-state index in [0.717, 1.165) is 96.3 Å². The molecule has 9 nitrogen and oxygen atoms in total. The molecule has 0 heterocycles. The van der Waals surface area contributed by atoms with Crippen molar-refractivity contribution in [2.45, 2.75) is 367 Å². The Morgan fingerprint density at radius 3 is 1.04 bits per heavy atom. The highest BCUT2D eigenvalue weighted by molar-refractivity contribution is 7.47. The molecule has 89 heavy (non-hydrogen) atoms. The van der Waals surface area contributed by atoms with Gasteiger partial charge in [0.05, 0.1) is 33.8 Å². The van der Waals surface area contributed by atoms with Crippen LogP contribution in [0, 0.1) is 0 Å². The summed E-state index contributed by atoms with van der Waals surface area (Å²) < 4.78 is 30.9. The summed E-state index contributed by atoms with van der Waals surface area (Å²) in [6.07, 6.45) is 91.7. The van der Waals surface area contributed by atoms with E-state index >= 15 is 0 Å². The van der Waals surface area contributed by atoms with Gasteiger partial charge < -0.3 is 19.4 Å². The van der Waals surface area contributed by atoms with Crippen molar-refractivity contribution < 1.29 is 37.3 Å². The normalized spacial score (nSPS) is 13.9. The number of quaternary nitrogens is 1. The Labute approximate surface area is 552 Å². The fraction of sp³-hybridized carbons (Fsp3) is 0.797. The summed E-state index contributed by atoms with van der Waals surface area (Å²) in [7, 11) is 1.49. The molecule has 2 N–H and O–H groups in total. The molecule has 0 bridgehead atoms. The second-order valence-corrected chi connectivity index (χ2v) is 28.3. The second kappa shape index (κ2) is 68.1. The monoisotopic (exact) mass is 1270 g/mol. The third-order valence-electron chi connectivity index (χ3n) is 16.8. The molecule has 0 aliphatic heterocycles. The van der Waals surface area contributed by atoms with E-state index in [1.54, 1.807) is 0 Å². The van der Waals surface area contributed by atoms with Crippen molar-refractivity contribution in [2.24, 2.45) is 0 Å². The minimum Gasteiger partial charge on any atom is -0.456 e. The zero-order chi connectivity index (χ0) is 64.9. The lowest BCUT2D eigenvalue weighted by atomic mass is 10.0. The molecule has 10 heteroatoms. The first-order valence-corrected chi connectivity index (χ1v) is 39.4. The van der Waals surface area contributed by atoms with Crippen LogP contribution in [0.15, 0.2) is 85.1 Å². The van der Waals surface area contributed by atoms with Crippen LogP contribution in [-0.2, 0) is 27.9 Å². The number of phosphoric acid groups is 1. The number of likely N-dealkylation sites (N-methyl/N-ethyl adjacent to an activating group) is 1. The van der Waals surface area contributed by atoms with Gasteiger partial charge in [-0.05, 0) is 109 Å². The Bertz CT molecular complexity index is 1800. The number of unbranched alkanes of at least 4 members (excludes halogenated alkanes) is 41. The standard InChI is InChI=1S/C79H145N2O7P/c1-7-10-13-16-19-22-25-28-30-32-34-36-38-39-40-41-43-44-46-48-50-53-56-59-62-65-68-71-78(82)80-76(75-87-89(84,85)86-74-73-81(4,5)6)77(70-67-64-61-58-55-52-27-24-21-18-15-12-9-3)88-79(83)72-69-66-63-60-57-54-51-49-47-45-42-37-35-33-31-29-26-23-20-17-14-11-8-2/h19-20,22-23,28-31,35,37,45,47,67,70,76-77H,7-18,21,24-27,32-34,36,38-44,46,48-66,68-69,71-75H2,1-6H3,(H-,80,82,84,85)/p+1/b22-19-,23-20-,30-28-,31-29-,37-35-,47-45-,70-67-. The fourth-order valence-corrected chi connectivity index (χ4v) is 11.7. The van der Waals surface area contributed by atoms with Crippen LogP contribution in [0.25, 0.3) is 0 Å². The summed E-state index contributed by atoms with van der Waals surface area (Å²) in [4.78, 5) is 38.0. The van der Waals surface area contributed by atoms with Crippen molar-refractivity contribution in [1.82, 2.24) is 5.32 Å². The van der Waals surface area contributed by atoms with E-state index in [1.807, 2.05) is 33.3 Å². The number of carbonyl (C=O) groups is 2. The largest absolute Gasteiger partial charge is 0.472 e. The zero-order valence-corrected chi connectivity index (χ0v) is 60.3. The maximum absolute atomic E-state index is 13.7. The maximum Gasteiger partial charge on any atom is 0.472 e. The quantitative estimate of drug-likeness (QED) is 0.0205. The molecular formula is C79H146N2O7P+. The van der Waals surface area contributed by atoms with Gasteiger partial charge in [-0.25, -0.2) is 4.57 Å².